The van der Waals surface area contributed by atoms with Crippen LogP contribution < -0.4 is 5.32 Å². The van der Waals surface area contributed by atoms with Crippen LogP contribution in [0.5, 0.6) is 0 Å². The Labute approximate surface area is 112 Å². The number of nitriles is 3. The summed E-state index contributed by atoms with van der Waals surface area (Å²) in [6.45, 7) is 0. The van der Waals surface area contributed by atoms with Gasteiger partial charge in [-0.2, -0.15) is 15.8 Å². The summed E-state index contributed by atoms with van der Waals surface area (Å²) in [5.41, 5.74) is -0.945. The van der Waals surface area contributed by atoms with Gasteiger partial charge in [-0.3, -0.25) is 4.79 Å². The molecular formula is C12H4ClFN4O. The number of halogens is 2. The Morgan fingerprint density at radius 3 is 2.32 bits per heavy atom. The van der Waals surface area contributed by atoms with Gasteiger partial charge in [-0.15, -0.1) is 0 Å². The van der Waals surface area contributed by atoms with Crippen molar-refractivity contribution >= 4 is 22.5 Å². The zero-order valence-corrected chi connectivity index (χ0v) is 9.99. The number of nitrogens with zero attached hydrogens (tertiary/aromatic N) is 3. The molecule has 0 aliphatic carbocycles. The molecule has 5 nitrogen and oxygen atoms in total. The van der Waals surface area contributed by atoms with Crippen LogP contribution in [0.25, 0.3) is 0 Å². The minimum Gasteiger partial charge on any atom is -0.345 e. The van der Waals surface area contributed by atoms with E-state index in [1.54, 1.807) is 6.07 Å². The summed E-state index contributed by atoms with van der Waals surface area (Å²) >= 11 is 5.18. The number of carbonyl (C=O) groups is 1. The van der Waals surface area contributed by atoms with Crippen molar-refractivity contribution in [1.82, 2.24) is 0 Å². The van der Waals surface area contributed by atoms with Gasteiger partial charge in [-0.05, 0) is 29.8 Å². The van der Waals surface area contributed by atoms with Crippen molar-refractivity contribution in [3.8, 4) is 18.2 Å². The van der Waals surface area contributed by atoms with Gasteiger partial charge < -0.3 is 5.32 Å². The Morgan fingerprint density at radius 1 is 1.21 bits per heavy atom. The maximum Gasteiger partial charge on any atom is 0.255 e. The monoisotopic (exact) mass is 274 g/mol. The summed E-state index contributed by atoms with van der Waals surface area (Å²) in [6.07, 6.45) is 0. The molecule has 0 aliphatic rings. The number of benzene rings is 1. The van der Waals surface area contributed by atoms with Crippen LogP contribution in [0.3, 0.4) is 0 Å². The molecule has 0 radical (unpaired) electrons. The topological polar surface area (TPSA) is 100 Å². The van der Waals surface area contributed by atoms with Crippen molar-refractivity contribution in [1.29, 1.82) is 15.8 Å². The fourth-order valence-electron chi connectivity index (χ4n) is 1.18. The molecule has 19 heavy (non-hydrogen) atoms. The fourth-order valence-corrected chi connectivity index (χ4v) is 1.33. The van der Waals surface area contributed by atoms with Gasteiger partial charge in [-0.25, -0.2) is 4.39 Å². The van der Waals surface area contributed by atoms with Crippen LogP contribution in [0.1, 0.15) is 10.4 Å². The van der Waals surface area contributed by atoms with Crippen LogP contribution in [0, 0.1) is 39.8 Å². The van der Waals surface area contributed by atoms with Crippen LogP contribution >= 0.6 is 11.6 Å². The molecule has 0 aromatic heterocycles. The van der Waals surface area contributed by atoms with Gasteiger partial charge in [0.15, 0.2) is 5.57 Å². The first-order valence-electron chi connectivity index (χ1n) is 4.74. The van der Waals surface area contributed by atoms with Gasteiger partial charge in [0.1, 0.15) is 29.7 Å². The molecule has 1 aromatic rings. The molecule has 1 aromatic carbocycles. The molecule has 0 unspecified atom stereocenters. The zero-order valence-electron chi connectivity index (χ0n) is 9.24. The molecule has 0 heterocycles. The van der Waals surface area contributed by atoms with Gasteiger partial charge in [0, 0.05) is 5.69 Å². The quantitative estimate of drug-likeness (QED) is 0.674. The fraction of sp³-hybridized carbons (Fsp3) is 0. The summed E-state index contributed by atoms with van der Waals surface area (Å²) in [6, 6.07) is 8.00. The molecule has 0 bridgehead atoms. The van der Waals surface area contributed by atoms with Gasteiger partial charge in [0.05, 0.1) is 5.56 Å². The summed E-state index contributed by atoms with van der Waals surface area (Å²) < 4.78 is 13.2. The lowest BCUT2D eigenvalue weighted by molar-refractivity contribution is 0.107. The van der Waals surface area contributed by atoms with Crippen molar-refractivity contribution in [2.24, 2.45) is 0 Å². The van der Waals surface area contributed by atoms with Crippen molar-refractivity contribution in [2.75, 3.05) is 5.32 Å². The van der Waals surface area contributed by atoms with Gasteiger partial charge in [-0.1, -0.05) is 0 Å². The van der Waals surface area contributed by atoms with E-state index in [-0.39, 0.29) is 16.9 Å². The Hall–Kier alpha value is -2.88. The van der Waals surface area contributed by atoms with E-state index in [1.807, 2.05) is 0 Å². The lowest BCUT2D eigenvalue weighted by atomic mass is 10.2. The number of rotatable bonds is 3. The van der Waals surface area contributed by atoms with E-state index in [0.717, 1.165) is 12.1 Å². The number of allylic oxidation sites excluding steroid dienone is 2. The molecule has 0 saturated heterocycles. The van der Waals surface area contributed by atoms with E-state index in [1.165, 1.54) is 18.2 Å². The van der Waals surface area contributed by atoms with E-state index >= 15 is 0 Å². The smallest absolute Gasteiger partial charge is 0.255 e. The van der Waals surface area contributed by atoms with Gasteiger partial charge in [0.2, 0.25) is 0 Å². The van der Waals surface area contributed by atoms with E-state index < -0.39 is 16.6 Å². The molecule has 0 atom stereocenters. The highest BCUT2D eigenvalue weighted by atomic mass is 35.5. The zero-order chi connectivity index (χ0) is 14.4. The largest absolute Gasteiger partial charge is 0.345 e. The molecule has 0 aliphatic heterocycles. The molecule has 1 N–H and O–H groups in total. The first kappa shape index (κ1) is 14.2. The number of hydrogen-bond donors (Lipinski definition) is 1. The van der Waals surface area contributed by atoms with Crippen LogP contribution in [0.4, 0.5) is 10.1 Å². The van der Waals surface area contributed by atoms with Crippen LogP contribution in [0.15, 0.2) is 29.5 Å². The highest BCUT2D eigenvalue weighted by Crippen LogP contribution is 2.18. The van der Waals surface area contributed by atoms with Crippen LogP contribution in [-0.2, 0) is 0 Å². The summed E-state index contributed by atoms with van der Waals surface area (Å²) in [7, 11) is 0. The Balaban J connectivity index is 3.22. The molecule has 7 heteroatoms. The number of carbonyl (C=O) groups excluding carboxylic acids is 1. The molecular weight excluding hydrogens is 271 g/mol. The predicted octanol–water partition coefficient (Wildman–Crippen LogP) is 2.44. The van der Waals surface area contributed by atoms with E-state index in [0.29, 0.717) is 0 Å². The second kappa shape index (κ2) is 6.16. The van der Waals surface area contributed by atoms with E-state index in [9.17, 15) is 9.18 Å². The first-order chi connectivity index (χ1) is 9.03. The number of nitrogens with one attached hydrogen (secondary N) is 1. The molecule has 1 rings (SSSR count). The summed E-state index contributed by atoms with van der Waals surface area (Å²) in [5, 5.41) is 27.5. The van der Waals surface area contributed by atoms with Gasteiger partial charge >= 0.3 is 0 Å². The predicted molar refractivity (Wildman–Crippen MR) is 64.1 cm³/mol. The Bertz CT molecular complexity index is 675. The molecule has 0 spiro atoms. The summed E-state index contributed by atoms with van der Waals surface area (Å²) in [5.74, 6) is -0.811. The van der Waals surface area contributed by atoms with Crippen molar-refractivity contribution in [2.45, 2.75) is 0 Å². The standard InChI is InChI=1S/C12H4ClFN4O/c13-12(19)9-3-8(1-2-10(9)14)18-11(6-17)7(4-15)5-16/h1-3,18H. The normalized spacial score (nSPS) is 8.58. The van der Waals surface area contributed by atoms with Crippen LogP contribution in [0.2, 0.25) is 0 Å². The second-order valence-corrected chi connectivity index (χ2v) is 3.52. The lowest BCUT2D eigenvalue weighted by Crippen LogP contribution is -2.03. The SMILES string of the molecule is N#CC(C#N)=C(C#N)Nc1ccc(F)c(C(=O)Cl)c1. The average molecular weight is 275 g/mol. The molecule has 0 saturated carbocycles. The van der Waals surface area contributed by atoms with Crippen molar-refractivity contribution in [3.63, 3.8) is 0 Å². The Morgan fingerprint density at radius 2 is 1.84 bits per heavy atom. The van der Waals surface area contributed by atoms with Crippen LogP contribution in [-0.4, -0.2) is 5.24 Å². The third-order valence-electron chi connectivity index (χ3n) is 2.03. The van der Waals surface area contributed by atoms with E-state index in [2.05, 4.69) is 5.32 Å². The average Bonchev–Trinajstić information content (AvgIpc) is 2.40. The molecule has 92 valence electrons. The van der Waals surface area contributed by atoms with E-state index in [4.69, 9.17) is 27.4 Å². The highest BCUT2D eigenvalue weighted by Gasteiger charge is 2.12. The number of anilines is 1. The Kier molecular flexibility index (Phi) is 4.60. The minimum atomic E-state index is -0.996. The second-order valence-electron chi connectivity index (χ2n) is 3.18. The highest BCUT2D eigenvalue weighted by molar-refractivity contribution is 6.67. The molecule has 0 fully saturated rings. The third kappa shape index (κ3) is 3.29. The van der Waals surface area contributed by atoms with Gasteiger partial charge in [0.25, 0.3) is 5.24 Å². The van der Waals surface area contributed by atoms with Crippen molar-refractivity contribution < 1.29 is 9.18 Å². The maximum absolute atomic E-state index is 13.2. The third-order valence-corrected chi connectivity index (χ3v) is 2.24. The molecule has 0 amide bonds. The number of hydrogen-bond acceptors (Lipinski definition) is 5. The maximum atomic E-state index is 13.2. The van der Waals surface area contributed by atoms with Crippen molar-refractivity contribution in [3.05, 3.63) is 40.8 Å². The minimum absolute atomic E-state index is 0.157. The lowest BCUT2D eigenvalue weighted by Gasteiger charge is -2.06. The first-order valence-corrected chi connectivity index (χ1v) is 5.12. The summed E-state index contributed by atoms with van der Waals surface area (Å²) in [4.78, 5) is 10.9.